The Morgan fingerprint density at radius 1 is 1.17 bits per heavy atom. The highest BCUT2D eigenvalue weighted by molar-refractivity contribution is 6.34. The molecule has 0 saturated carbocycles. The molecule has 0 spiro atoms. The number of nitrogens with zero attached hydrogens (tertiary/aromatic N) is 1. The molecular weight excluding hydrogens is 489 g/mol. The number of benzene rings is 1. The van der Waals surface area contributed by atoms with Gasteiger partial charge in [-0.05, 0) is 23.8 Å². The van der Waals surface area contributed by atoms with Crippen molar-refractivity contribution in [2.24, 2.45) is 0 Å². The first-order chi connectivity index (χ1) is 16.6. The molecule has 3 heterocycles. The predicted molar refractivity (Wildman–Crippen MR) is 119 cm³/mol. The number of nitrogens with one attached hydrogen (secondary N) is 3. The minimum Gasteiger partial charge on any atom is -0.449 e. The second-order valence-corrected chi connectivity index (χ2v) is 8.02. The highest BCUT2D eigenvalue weighted by Crippen LogP contribution is 2.32. The Hall–Kier alpha value is -3.86. The van der Waals surface area contributed by atoms with E-state index in [1.165, 1.54) is 0 Å². The van der Waals surface area contributed by atoms with Crippen LogP contribution in [-0.2, 0) is 27.3 Å². The number of aromatic amines is 1. The monoisotopic (exact) mass is 506 g/mol. The van der Waals surface area contributed by atoms with Crippen molar-refractivity contribution in [3.05, 3.63) is 64.4 Å². The SMILES string of the molecule is O=C(COC(=O)C(F)(F)F)NCc1cccc(-c2cc(-c3cc4c([nH]3)CCNC4=O)ccn2)c1Cl. The second kappa shape index (κ2) is 9.79. The summed E-state index contributed by atoms with van der Waals surface area (Å²) in [6.07, 6.45) is -2.87. The Morgan fingerprint density at radius 3 is 2.71 bits per heavy atom. The molecule has 4 rings (SSSR count). The molecule has 35 heavy (non-hydrogen) atoms. The molecule has 2 aromatic heterocycles. The average Bonchev–Trinajstić information content (AvgIpc) is 3.27. The third kappa shape index (κ3) is 5.46. The van der Waals surface area contributed by atoms with Crippen molar-refractivity contribution in [2.45, 2.75) is 19.1 Å². The molecule has 3 aromatic rings. The van der Waals surface area contributed by atoms with Crippen molar-refractivity contribution >= 4 is 29.4 Å². The number of aromatic nitrogens is 2. The lowest BCUT2D eigenvalue weighted by atomic mass is 10.0. The van der Waals surface area contributed by atoms with Crippen LogP contribution < -0.4 is 10.6 Å². The van der Waals surface area contributed by atoms with Crippen LogP contribution in [0.2, 0.25) is 5.02 Å². The number of fused-ring (bicyclic) bond motifs is 1. The standard InChI is InChI=1S/C23H18ClF3N4O4/c24-20-13(10-30-19(32)11-35-22(34)23(25,26)27)2-1-3-14(20)18-8-12(4-6-28-18)17-9-15-16(31-17)5-7-29-21(15)33/h1-4,6,8-9,31H,5,7,10-11H2,(H,29,33)(H,30,32). The van der Waals surface area contributed by atoms with E-state index in [0.29, 0.717) is 35.3 Å². The van der Waals surface area contributed by atoms with Gasteiger partial charge in [-0.1, -0.05) is 29.8 Å². The van der Waals surface area contributed by atoms with Gasteiger partial charge in [0.25, 0.3) is 11.8 Å². The van der Waals surface area contributed by atoms with Gasteiger partial charge in [-0.15, -0.1) is 0 Å². The van der Waals surface area contributed by atoms with Crippen molar-refractivity contribution in [1.29, 1.82) is 0 Å². The molecule has 1 aromatic carbocycles. The molecule has 1 aliphatic rings. The molecule has 0 aliphatic carbocycles. The molecule has 1 aliphatic heterocycles. The lowest BCUT2D eigenvalue weighted by molar-refractivity contribution is -0.200. The van der Waals surface area contributed by atoms with E-state index in [0.717, 1.165) is 17.0 Å². The summed E-state index contributed by atoms with van der Waals surface area (Å²) in [7, 11) is 0. The number of amides is 2. The number of hydrogen-bond acceptors (Lipinski definition) is 5. The zero-order valence-corrected chi connectivity index (χ0v) is 18.7. The molecule has 3 N–H and O–H groups in total. The number of pyridine rings is 1. The Morgan fingerprint density at radius 2 is 1.97 bits per heavy atom. The Kier molecular flexibility index (Phi) is 6.79. The highest BCUT2D eigenvalue weighted by Gasteiger charge is 2.41. The van der Waals surface area contributed by atoms with Gasteiger partial charge in [0.2, 0.25) is 0 Å². The van der Waals surface area contributed by atoms with E-state index in [1.807, 2.05) is 0 Å². The van der Waals surface area contributed by atoms with E-state index in [4.69, 9.17) is 11.6 Å². The van der Waals surface area contributed by atoms with E-state index in [2.05, 4.69) is 25.3 Å². The fourth-order valence-corrected chi connectivity index (χ4v) is 3.86. The van der Waals surface area contributed by atoms with E-state index >= 15 is 0 Å². The Balaban J connectivity index is 1.49. The summed E-state index contributed by atoms with van der Waals surface area (Å²) in [5.41, 5.74) is 4.59. The zero-order chi connectivity index (χ0) is 25.2. The summed E-state index contributed by atoms with van der Waals surface area (Å²) >= 11 is 6.53. The fourth-order valence-electron chi connectivity index (χ4n) is 3.57. The van der Waals surface area contributed by atoms with Crippen LogP contribution in [0.1, 0.15) is 21.6 Å². The highest BCUT2D eigenvalue weighted by atomic mass is 35.5. The molecule has 2 amide bonds. The molecule has 0 fully saturated rings. The average molecular weight is 507 g/mol. The maximum absolute atomic E-state index is 12.2. The summed E-state index contributed by atoms with van der Waals surface area (Å²) in [4.78, 5) is 42.2. The first-order valence-corrected chi connectivity index (χ1v) is 10.8. The van der Waals surface area contributed by atoms with Crippen LogP contribution >= 0.6 is 11.6 Å². The summed E-state index contributed by atoms with van der Waals surface area (Å²) in [6.45, 7) is -0.609. The lowest BCUT2D eigenvalue weighted by Crippen LogP contribution is -2.32. The first kappa shape index (κ1) is 24.3. The zero-order valence-electron chi connectivity index (χ0n) is 18.0. The second-order valence-electron chi connectivity index (χ2n) is 7.64. The molecule has 182 valence electrons. The van der Waals surface area contributed by atoms with Crippen LogP contribution in [0.4, 0.5) is 13.2 Å². The van der Waals surface area contributed by atoms with Gasteiger partial charge in [0, 0.05) is 48.2 Å². The molecular formula is C23H18ClF3N4O4. The van der Waals surface area contributed by atoms with Crippen LogP contribution in [0, 0.1) is 0 Å². The van der Waals surface area contributed by atoms with Crippen molar-refractivity contribution in [2.75, 3.05) is 13.2 Å². The third-order valence-electron chi connectivity index (χ3n) is 5.27. The fraction of sp³-hybridized carbons (Fsp3) is 0.217. The number of carbonyl (C=O) groups is 3. The number of hydrogen-bond donors (Lipinski definition) is 3. The molecule has 12 heteroatoms. The van der Waals surface area contributed by atoms with Crippen LogP contribution in [0.3, 0.4) is 0 Å². The van der Waals surface area contributed by atoms with Crippen molar-refractivity contribution in [3.8, 4) is 22.5 Å². The van der Waals surface area contributed by atoms with Crippen molar-refractivity contribution in [3.63, 3.8) is 0 Å². The number of ether oxygens (including phenoxy) is 1. The van der Waals surface area contributed by atoms with E-state index < -0.39 is 24.7 Å². The van der Waals surface area contributed by atoms with Gasteiger partial charge in [-0.3, -0.25) is 14.6 Å². The normalized spacial score (nSPS) is 13.1. The van der Waals surface area contributed by atoms with Gasteiger partial charge in [0.05, 0.1) is 16.3 Å². The van der Waals surface area contributed by atoms with E-state index in [-0.39, 0.29) is 17.5 Å². The quantitative estimate of drug-likeness (QED) is 0.443. The Labute approximate surface area is 201 Å². The van der Waals surface area contributed by atoms with Crippen LogP contribution in [0.25, 0.3) is 22.5 Å². The van der Waals surface area contributed by atoms with Crippen LogP contribution in [0.15, 0.2) is 42.6 Å². The topological polar surface area (TPSA) is 113 Å². The van der Waals surface area contributed by atoms with Gasteiger partial charge in [-0.2, -0.15) is 13.2 Å². The number of rotatable bonds is 6. The van der Waals surface area contributed by atoms with Gasteiger partial charge in [0.15, 0.2) is 6.61 Å². The summed E-state index contributed by atoms with van der Waals surface area (Å²) < 4.78 is 40.4. The number of alkyl halides is 3. The number of H-pyrrole nitrogens is 1. The van der Waals surface area contributed by atoms with Gasteiger partial charge in [-0.25, -0.2) is 4.79 Å². The largest absolute Gasteiger partial charge is 0.490 e. The minimum absolute atomic E-state index is 0.104. The number of halogens is 4. The number of carbonyl (C=O) groups excluding carboxylic acids is 3. The Bertz CT molecular complexity index is 1310. The molecule has 0 radical (unpaired) electrons. The smallest absolute Gasteiger partial charge is 0.449 e. The van der Waals surface area contributed by atoms with Crippen molar-refractivity contribution < 1.29 is 32.3 Å². The molecule has 0 unspecified atom stereocenters. The first-order valence-electron chi connectivity index (χ1n) is 10.4. The molecule has 0 atom stereocenters. The minimum atomic E-state index is -5.18. The van der Waals surface area contributed by atoms with Crippen LogP contribution in [0.5, 0.6) is 0 Å². The third-order valence-corrected chi connectivity index (χ3v) is 5.72. The van der Waals surface area contributed by atoms with Gasteiger partial charge >= 0.3 is 12.1 Å². The molecule has 0 bridgehead atoms. The van der Waals surface area contributed by atoms with Gasteiger partial charge in [0.1, 0.15) is 0 Å². The summed E-state index contributed by atoms with van der Waals surface area (Å²) in [5.74, 6) is -3.49. The van der Waals surface area contributed by atoms with Gasteiger partial charge < -0.3 is 20.4 Å². The maximum atomic E-state index is 12.2. The van der Waals surface area contributed by atoms with Crippen molar-refractivity contribution in [1.82, 2.24) is 20.6 Å². The van der Waals surface area contributed by atoms with E-state index in [9.17, 15) is 27.6 Å². The molecule has 0 saturated heterocycles. The maximum Gasteiger partial charge on any atom is 0.490 e. The lowest BCUT2D eigenvalue weighted by Gasteiger charge is -2.12. The van der Waals surface area contributed by atoms with Crippen LogP contribution in [-0.4, -0.2) is 47.1 Å². The van der Waals surface area contributed by atoms with E-state index in [1.54, 1.807) is 42.6 Å². The number of esters is 1. The molecule has 8 nitrogen and oxygen atoms in total. The predicted octanol–water partition coefficient (Wildman–Crippen LogP) is 3.40. The summed E-state index contributed by atoms with van der Waals surface area (Å²) in [5, 5.41) is 5.45. The summed E-state index contributed by atoms with van der Waals surface area (Å²) in [6, 6.07) is 10.4.